The van der Waals surface area contributed by atoms with Crippen LogP contribution in [0.4, 0.5) is 0 Å². The summed E-state index contributed by atoms with van der Waals surface area (Å²) < 4.78 is 5.15. The zero-order valence-electron chi connectivity index (χ0n) is 11.2. The summed E-state index contributed by atoms with van der Waals surface area (Å²) in [6.07, 6.45) is -0.597. The molecule has 2 rings (SSSR count). The van der Waals surface area contributed by atoms with Gasteiger partial charge < -0.3 is 15.6 Å². The smallest absolute Gasteiger partial charge is 0.129 e. The molecule has 3 N–H and O–H groups in total. The summed E-state index contributed by atoms with van der Waals surface area (Å²) in [7, 11) is 1.62. The number of aryl methyl sites for hydroxylation is 1. The zero-order valence-corrected chi connectivity index (χ0v) is 12.0. The van der Waals surface area contributed by atoms with Gasteiger partial charge in [0.15, 0.2) is 0 Å². The van der Waals surface area contributed by atoms with Gasteiger partial charge in [0.05, 0.1) is 13.2 Å². The monoisotopic (exact) mass is 277 g/mol. The van der Waals surface area contributed by atoms with Crippen molar-refractivity contribution < 1.29 is 9.84 Å². The average molecular weight is 277 g/mol. The number of nitrogens with two attached hydrogens (primary N) is 1. The highest BCUT2D eigenvalue weighted by molar-refractivity contribution is 7.10. The van der Waals surface area contributed by atoms with Crippen LogP contribution in [0.1, 0.15) is 28.0 Å². The van der Waals surface area contributed by atoms with E-state index in [9.17, 15) is 5.11 Å². The molecule has 1 aromatic carbocycles. The molecule has 0 bridgehead atoms. The first-order valence-electron chi connectivity index (χ1n) is 6.22. The SMILES string of the molecule is COc1csc(C(O)C(CN)c2cccc(C)c2)c1. The lowest BCUT2D eigenvalue weighted by Crippen LogP contribution is -2.19. The molecule has 0 spiro atoms. The third-order valence-electron chi connectivity index (χ3n) is 3.23. The van der Waals surface area contributed by atoms with E-state index < -0.39 is 6.10 Å². The topological polar surface area (TPSA) is 55.5 Å². The number of thiophene rings is 1. The first kappa shape index (κ1) is 14.1. The maximum atomic E-state index is 10.5. The van der Waals surface area contributed by atoms with E-state index in [0.717, 1.165) is 16.2 Å². The van der Waals surface area contributed by atoms with Gasteiger partial charge in [-0.3, -0.25) is 0 Å². The molecular formula is C15H19NO2S. The van der Waals surface area contributed by atoms with Crippen molar-refractivity contribution in [3.63, 3.8) is 0 Å². The molecule has 0 radical (unpaired) electrons. The van der Waals surface area contributed by atoms with E-state index in [4.69, 9.17) is 10.5 Å². The summed E-state index contributed by atoms with van der Waals surface area (Å²) >= 11 is 1.49. The second-order valence-corrected chi connectivity index (χ2v) is 5.53. The normalized spacial score (nSPS) is 14.1. The summed E-state index contributed by atoms with van der Waals surface area (Å²) in [4.78, 5) is 0.883. The predicted molar refractivity (Wildman–Crippen MR) is 78.8 cm³/mol. The molecule has 2 atom stereocenters. The molecule has 0 saturated heterocycles. The lowest BCUT2D eigenvalue weighted by Gasteiger charge is -2.21. The van der Waals surface area contributed by atoms with Crippen molar-refractivity contribution >= 4 is 11.3 Å². The number of rotatable bonds is 5. The third-order valence-corrected chi connectivity index (χ3v) is 4.21. The van der Waals surface area contributed by atoms with Crippen molar-refractivity contribution in [3.05, 3.63) is 51.7 Å². The Kier molecular flexibility index (Phi) is 4.58. The molecule has 0 aliphatic rings. The second kappa shape index (κ2) is 6.19. The van der Waals surface area contributed by atoms with Crippen LogP contribution in [0.15, 0.2) is 35.7 Å². The van der Waals surface area contributed by atoms with Gasteiger partial charge >= 0.3 is 0 Å². The van der Waals surface area contributed by atoms with Gasteiger partial charge in [-0.2, -0.15) is 0 Å². The van der Waals surface area contributed by atoms with Gasteiger partial charge in [0.2, 0.25) is 0 Å². The van der Waals surface area contributed by atoms with Gasteiger partial charge in [0.1, 0.15) is 5.75 Å². The van der Waals surface area contributed by atoms with E-state index in [1.807, 2.05) is 36.6 Å². The van der Waals surface area contributed by atoms with Gasteiger partial charge in [-0.05, 0) is 18.6 Å². The van der Waals surface area contributed by atoms with Crippen molar-refractivity contribution in [2.75, 3.05) is 13.7 Å². The lowest BCUT2D eigenvalue weighted by atomic mass is 9.91. The highest BCUT2D eigenvalue weighted by Crippen LogP contribution is 2.35. The van der Waals surface area contributed by atoms with Crippen molar-refractivity contribution in [1.29, 1.82) is 0 Å². The van der Waals surface area contributed by atoms with Crippen LogP contribution in [0, 0.1) is 6.92 Å². The lowest BCUT2D eigenvalue weighted by molar-refractivity contribution is 0.151. The van der Waals surface area contributed by atoms with Gasteiger partial charge in [-0.15, -0.1) is 11.3 Å². The quantitative estimate of drug-likeness (QED) is 0.883. The molecule has 2 aromatic rings. The number of hydrogen-bond donors (Lipinski definition) is 2. The van der Waals surface area contributed by atoms with Crippen LogP contribution in [0.2, 0.25) is 0 Å². The summed E-state index contributed by atoms with van der Waals surface area (Å²) in [5.41, 5.74) is 8.09. The number of benzene rings is 1. The molecule has 0 saturated carbocycles. The van der Waals surface area contributed by atoms with Gasteiger partial charge in [0, 0.05) is 22.7 Å². The van der Waals surface area contributed by atoms with E-state index in [0.29, 0.717) is 6.54 Å². The van der Waals surface area contributed by atoms with Crippen molar-refractivity contribution in [1.82, 2.24) is 0 Å². The van der Waals surface area contributed by atoms with Crippen LogP contribution in [0.3, 0.4) is 0 Å². The summed E-state index contributed by atoms with van der Waals surface area (Å²) in [5.74, 6) is 0.683. The molecule has 0 amide bonds. The van der Waals surface area contributed by atoms with Crippen LogP contribution in [0.25, 0.3) is 0 Å². The molecule has 0 fully saturated rings. The highest BCUT2D eigenvalue weighted by atomic mass is 32.1. The maximum Gasteiger partial charge on any atom is 0.129 e. The first-order chi connectivity index (χ1) is 9.15. The summed E-state index contributed by atoms with van der Waals surface area (Å²) in [6.45, 7) is 2.45. The Morgan fingerprint density at radius 1 is 1.37 bits per heavy atom. The predicted octanol–water partition coefficient (Wildman–Crippen LogP) is 2.84. The molecule has 3 nitrogen and oxygen atoms in total. The summed E-state index contributed by atoms with van der Waals surface area (Å²) in [6, 6.07) is 9.99. The van der Waals surface area contributed by atoms with Crippen molar-refractivity contribution in [3.8, 4) is 5.75 Å². The Labute approximate surface area is 117 Å². The number of aliphatic hydroxyl groups is 1. The molecule has 4 heteroatoms. The van der Waals surface area contributed by atoms with E-state index in [1.54, 1.807) is 7.11 Å². The second-order valence-electron chi connectivity index (χ2n) is 4.59. The fraction of sp³-hybridized carbons (Fsp3) is 0.333. The van der Waals surface area contributed by atoms with E-state index in [1.165, 1.54) is 16.9 Å². The highest BCUT2D eigenvalue weighted by Gasteiger charge is 2.23. The van der Waals surface area contributed by atoms with Crippen LogP contribution < -0.4 is 10.5 Å². The molecule has 19 heavy (non-hydrogen) atoms. The average Bonchev–Trinajstić information content (AvgIpc) is 2.88. The van der Waals surface area contributed by atoms with Crippen molar-refractivity contribution in [2.45, 2.75) is 18.9 Å². The van der Waals surface area contributed by atoms with E-state index >= 15 is 0 Å². The van der Waals surface area contributed by atoms with E-state index in [2.05, 4.69) is 6.07 Å². The molecule has 0 aliphatic heterocycles. The Balaban J connectivity index is 2.26. The molecule has 102 valence electrons. The Bertz CT molecular complexity index is 538. The van der Waals surface area contributed by atoms with Crippen LogP contribution >= 0.6 is 11.3 Å². The minimum atomic E-state index is -0.597. The molecule has 2 unspecified atom stereocenters. The van der Waals surface area contributed by atoms with Gasteiger partial charge in [-0.25, -0.2) is 0 Å². The maximum absolute atomic E-state index is 10.5. The molecule has 0 aliphatic carbocycles. The van der Waals surface area contributed by atoms with E-state index in [-0.39, 0.29) is 5.92 Å². The van der Waals surface area contributed by atoms with Crippen LogP contribution in [-0.2, 0) is 0 Å². The van der Waals surface area contributed by atoms with Gasteiger partial charge in [-0.1, -0.05) is 29.8 Å². The largest absolute Gasteiger partial charge is 0.496 e. The minimum Gasteiger partial charge on any atom is -0.496 e. The number of ether oxygens (including phenoxy) is 1. The number of methoxy groups -OCH3 is 1. The molecular weight excluding hydrogens is 258 g/mol. The third kappa shape index (κ3) is 3.15. The number of aliphatic hydroxyl groups excluding tert-OH is 1. The van der Waals surface area contributed by atoms with Gasteiger partial charge in [0.25, 0.3) is 0 Å². The Morgan fingerprint density at radius 2 is 2.16 bits per heavy atom. The fourth-order valence-electron chi connectivity index (χ4n) is 2.14. The number of hydrogen-bond acceptors (Lipinski definition) is 4. The van der Waals surface area contributed by atoms with Crippen LogP contribution in [0.5, 0.6) is 5.75 Å². The summed E-state index contributed by atoms with van der Waals surface area (Å²) in [5, 5.41) is 12.4. The Hall–Kier alpha value is -1.36. The first-order valence-corrected chi connectivity index (χ1v) is 7.10. The van der Waals surface area contributed by atoms with Crippen molar-refractivity contribution in [2.24, 2.45) is 5.73 Å². The molecule has 1 heterocycles. The Morgan fingerprint density at radius 3 is 2.74 bits per heavy atom. The van der Waals surface area contributed by atoms with Crippen LogP contribution in [-0.4, -0.2) is 18.8 Å². The standard InChI is InChI=1S/C15H19NO2S/c1-10-4-3-5-11(6-10)13(8-16)15(17)14-7-12(18-2)9-19-14/h3-7,9,13,15,17H,8,16H2,1-2H3. The minimum absolute atomic E-state index is 0.0942. The zero-order chi connectivity index (χ0) is 13.8. The molecule has 1 aromatic heterocycles. The fourth-order valence-corrected chi connectivity index (χ4v) is 3.05.